The first-order chi connectivity index (χ1) is 7.52. The Kier molecular flexibility index (Phi) is 3.98. The zero-order chi connectivity index (χ0) is 12.1. The molecule has 0 aliphatic heterocycles. The third kappa shape index (κ3) is 3.04. The molecule has 0 aliphatic carbocycles. The van der Waals surface area contributed by atoms with Gasteiger partial charge in [0.05, 0.1) is 6.42 Å². The van der Waals surface area contributed by atoms with Crippen LogP contribution < -0.4 is 11.5 Å². The van der Waals surface area contributed by atoms with Gasteiger partial charge in [0.25, 0.3) is 5.91 Å². The highest BCUT2D eigenvalue weighted by molar-refractivity contribution is 5.93. The summed E-state index contributed by atoms with van der Waals surface area (Å²) in [4.78, 5) is 22.2. The van der Waals surface area contributed by atoms with Crippen molar-refractivity contribution in [3.63, 3.8) is 0 Å². The molecule has 0 heterocycles. The molecule has 1 unspecified atom stereocenters. The largest absolute Gasteiger partial charge is 0.370 e. The van der Waals surface area contributed by atoms with Crippen molar-refractivity contribution in [3.8, 4) is 0 Å². The Morgan fingerprint density at radius 1 is 1.31 bits per heavy atom. The van der Waals surface area contributed by atoms with Crippen LogP contribution in [0.2, 0.25) is 0 Å². The lowest BCUT2D eigenvalue weighted by atomic mass is 10.2. The number of carbonyl (C=O) groups is 2. The molecule has 2 amide bonds. The molecule has 86 valence electrons. The van der Waals surface area contributed by atoms with Crippen molar-refractivity contribution < 1.29 is 14.8 Å². The van der Waals surface area contributed by atoms with Crippen molar-refractivity contribution in [1.29, 1.82) is 0 Å². The van der Waals surface area contributed by atoms with Crippen LogP contribution in [0.4, 0.5) is 0 Å². The van der Waals surface area contributed by atoms with Gasteiger partial charge in [0.2, 0.25) is 5.91 Å². The lowest BCUT2D eigenvalue weighted by Crippen LogP contribution is -2.45. The van der Waals surface area contributed by atoms with Crippen molar-refractivity contribution >= 4 is 11.8 Å². The average molecular weight is 223 g/mol. The Bertz CT molecular complexity index is 380. The number of primary amides is 1. The van der Waals surface area contributed by atoms with E-state index >= 15 is 0 Å². The Hall–Kier alpha value is -1.92. The maximum absolute atomic E-state index is 11.6. The molecule has 1 rings (SSSR count). The molecule has 5 N–H and O–H groups in total. The summed E-state index contributed by atoms with van der Waals surface area (Å²) in [5.74, 6) is -1.36. The van der Waals surface area contributed by atoms with Crippen molar-refractivity contribution in [3.05, 3.63) is 35.9 Å². The van der Waals surface area contributed by atoms with Crippen LogP contribution in [0.1, 0.15) is 16.8 Å². The lowest BCUT2D eigenvalue weighted by molar-refractivity contribution is -0.125. The fourth-order valence-electron chi connectivity index (χ4n) is 1.16. The highest BCUT2D eigenvalue weighted by Gasteiger charge is 2.21. The summed E-state index contributed by atoms with van der Waals surface area (Å²) >= 11 is 0. The van der Waals surface area contributed by atoms with Crippen LogP contribution in [-0.2, 0) is 4.79 Å². The fourth-order valence-corrected chi connectivity index (χ4v) is 1.16. The van der Waals surface area contributed by atoms with Gasteiger partial charge in [0.15, 0.2) is 0 Å². The third-order valence-corrected chi connectivity index (χ3v) is 1.95. The SMILES string of the molecule is NC(=O)CC(N)N(O)C(=O)c1ccccc1. The van der Waals surface area contributed by atoms with E-state index in [1.807, 2.05) is 0 Å². The molecule has 0 radical (unpaired) electrons. The molecule has 0 aliphatic rings. The second kappa shape index (κ2) is 5.24. The van der Waals surface area contributed by atoms with Crippen LogP contribution in [0.5, 0.6) is 0 Å². The first-order valence-corrected chi connectivity index (χ1v) is 4.63. The van der Waals surface area contributed by atoms with E-state index in [4.69, 9.17) is 11.5 Å². The minimum atomic E-state index is -1.13. The smallest absolute Gasteiger partial charge is 0.278 e. The van der Waals surface area contributed by atoms with E-state index in [1.165, 1.54) is 12.1 Å². The first-order valence-electron chi connectivity index (χ1n) is 4.63. The number of amides is 2. The van der Waals surface area contributed by atoms with Crippen LogP contribution in [0.15, 0.2) is 30.3 Å². The van der Waals surface area contributed by atoms with Crippen LogP contribution >= 0.6 is 0 Å². The van der Waals surface area contributed by atoms with E-state index in [1.54, 1.807) is 18.2 Å². The van der Waals surface area contributed by atoms with Crippen molar-refractivity contribution in [2.24, 2.45) is 11.5 Å². The lowest BCUT2D eigenvalue weighted by Gasteiger charge is -2.21. The van der Waals surface area contributed by atoms with E-state index in [2.05, 4.69) is 0 Å². The normalized spacial score (nSPS) is 11.9. The molecule has 16 heavy (non-hydrogen) atoms. The molecule has 0 fully saturated rings. The summed E-state index contributed by atoms with van der Waals surface area (Å²) in [5.41, 5.74) is 10.6. The van der Waals surface area contributed by atoms with E-state index in [0.717, 1.165) is 0 Å². The second-order valence-corrected chi connectivity index (χ2v) is 3.25. The first kappa shape index (κ1) is 12.2. The number of benzene rings is 1. The third-order valence-electron chi connectivity index (χ3n) is 1.95. The highest BCUT2D eigenvalue weighted by Crippen LogP contribution is 2.05. The Labute approximate surface area is 92.4 Å². The molecule has 6 heteroatoms. The summed E-state index contributed by atoms with van der Waals surface area (Å²) in [6, 6.07) is 8.11. The summed E-state index contributed by atoms with van der Waals surface area (Å²) in [6.45, 7) is 0. The number of nitrogens with zero attached hydrogens (tertiary/aromatic N) is 1. The standard InChI is InChI=1S/C10H13N3O3/c11-8(6-9(12)14)13(16)10(15)7-4-2-1-3-5-7/h1-5,8,16H,6,11H2,(H2,12,14). The monoisotopic (exact) mass is 223 g/mol. The fraction of sp³-hybridized carbons (Fsp3) is 0.200. The second-order valence-electron chi connectivity index (χ2n) is 3.25. The predicted octanol–water partition coefficient (Wildman–Crippen LogP) is -0.322. The van der Waals surface area contributed by atoms with E-state index < -0.39 is 18.0 Å². The molecular weight excluding hydrogens is 210 g/mol. The van der Waals surface area contributed by atoms with Gasteiger partial charge in [-0.3, -0.25) is 14.8 Å². The number of carbonyl (C=O) groups excluding carboxylic acids is 2. The minimum Gasteiger partial charge on any atom is -0.370 e. The molecule has 1 aromatic rings. The maximum atomic E-state index is 11.6. The zero-order valence-electron chi connectivity index (χ0n) is 8.54. The summed E-state index contributed by atoms with van der Waals surface area (Å²) in [7, 11) is 0. The topological polar surface area (TPSA) is 110 Å². The predicted molar refractivity (Wildman–Crippen MR) is 56.2 cm³/mol. The molecule has 0 saturated carbocycles. The quantitative estimate of drug-likeness (QED) is 0.369. The number of hydrogen-bond donors (Lipinski definition) is 3. The van der Waals surface area contributed by atoms with Gasteiger partial charge >= 0.3 is 0 Å². The number of hydrogen-bond acceptors (Lipinski definition) is 4. The van der Waals surface area contributed by atoms with Crippen LogP contribution in [-0.4, -0.2) is 28.3 Å². The summed E-state index contributed by atoms with van der Waals surface area (Å²) in [6.07, 6.45) is -1.43. The average Bonchev–Trinajstić information content (AvgIpc) is 2.27. The number of rotatable bonds is 4. The minimum absolute atomic E-state index is 0.282. The van der Waals surface area contributed by atoms with Crippen molar-refractivity contribution in [2.45, 2.75) is 12.6 Å². The van der Waals surface area contributed by atoms with E-state index in [9.17, 15) is 14.8 Å². The molecule has 1 aromatic carbocycles. The molecule has 1 atom stereocenters. The van der Waals surface area contributed by atoms with Crippen LogP contribution in [0, 0.1) is 0 Å². The summed E-state index contributed by atoms with van der Waals surface area (Å²) < 4.78 is 0. The van der Waals surface area contributed by atoms with Crippen molar-refractivity contribution in [2.75, 3.05) is 0 Å². The van der Waals surface area contributed by atoms with E-state index in [-0.39, 0.29) is 12.0 Å². The van der Waals surface area contributed by atoms with Gasteiger partial charge in [-0.15, -0.1) is 0 Å². The van der Waals surface area contributed by atoms with Gasteiger partial charge in [-0.25, -0.2) is 5.06 Å². The van der Waals surface area contributed by atoms with Gasteiger partial charge in [0.1, 0.15) is 6.17 Å². The van der Waals surface area contributed by atoms with Gasteiger partial charge < -0.3 is 11.5 Å². The molecule has 0 spiro atoms. The van der Waals surface area contributed by atoms with Crippen LogP contribution in [0.3, 0.4) is 0 Å². The highest BCUT2D eigenvalue weighted by atomic mass is 16.5. The summed E-state index contributed by atoms with van der Waals surface area (Å²) in [5, 5.41) is 9.75. The van der Waals surface area contributed by atoms with E-state index in [0.29, 0.717) is 5.06 Å². The molecule has 0 saturated heterocycles. The maximum Gasteiger partial charge on any atom is 0.278 e. The Balaban J connectivity index is 2.71. The van der Waals surface area contributed by atoms with Gasteiger partial charge in [-0.1, -0.05) is 18.2 Å². The molecule has 0 bridgehead atoms. The van der Waals surface area contributed by atoms with Gasteiger partial charge in [-0.05, 0) is 12.1 Å². The zero-order valence-corrected chi connectivity index (χ0v) is 8.54. The number of nitrogens with two attached hydrogens (primary N) is 2. The van der Waals surface area contributed by atoms with Gasteiger partial charge in [0, 0.05) is 5.56 Å². The van der Waals surface area contributed by atoms with Crippen LogP contribution in [0.25, 0.3) is 0 Å². The van der Waals surface area contributed by atoms with Gasteiger partial charge in [-0.2, -0.15) is 0 Å². The molecule has 0 aromatic heterocycles. The Morgan fingerprint density at radius 3 is 2.38 bits per heavy atom. The molecule has 6 nitrogen and oxygen atoms in total. The van der Waals surface area contributed by atoms with Crippen molar-refractivity contribution in [1.82, 2.24) is 5.06 Å². The molecular formula is C10H13N3O3. The Morgan fingerprint density at radius 2 is 1.88 bits per heavy atom. The number of hydroxylamine groups is 2.